The number of halogens is 2. The van der Waals surface area contributed by atoms with Crippen LogP contribution in [0.1, 0.15) is 45.0 Å². The van der Waals surface area contributed by atoms with Crippen LogP contribution in [-0.4, -0.2) is 22.5 Å². The van der Waals surface area contributed by atoms with Crippen molar-refractivity contribution in [3.63, 3.8) is 0 Å². The lowest BCUT2D eigenvalue weighted by Gasteiger charge is -2.31. The Bertz CT molecular complexity index is 617. The third-order valence-electron chi connectivity index (χ3n) is 3.62. The third kappa shape index (κ3) is 3.85. The van der Waals surface area contributed by atoms with Crippen LogP contribution in [0.25, 0.3) is 5.57 Å². The molecule has 3 atom stereocenters. The molecule has 0 aliphatic carbocycles. The number of methoxy groups -OCH3 is 1. The molecule has 0 radical (unpaired) electrons. The van der Waals surface area contributed by atoms with Crippen molar-refractivity contribution in [1.82, 2.24) is 10.0 Å². The van der Waals surface area contributed by atoms with E-state index in [0.29, 0.717) is 16.7 Å². The summed E-state index contributed by atoms with van der Waals surface area (Å²) in [5.74, 6) is -1.84. The van der Waals surface area contributed by atoms with Crippen LogP contribution in [0.5, 0.6) is 0 Å². The van der Waals surface area contributed by atoms with Crippen LogP contribution in [0, 0.1) is 11.6 Å². The molecular weight excluding hydrogens is 322 g/mol. The van der Waals surface area contributed by atoms with Gasteiger partial charge in [0.15, 0.2) is 17.9 Å². The summed E-state index contributed by atoms with van der Waals surface area (Å²) in [7, 11) is 1.48. The van der Waals surface area contributed by atoms with Gasteiger partial charge in [0, 0.05) is 30.2 Å². The van der Waals surface area contributed by atoms with Gasteiger partial charge in [0.1, 0.15) is 4.75 Å². The van der Waals surface area contributed by atoms with Crippen molar-refractivity contribution < 1.29 is 18.1 Å². The zero-order valence-electron chi connectivity index (χ0n) is 13.9. The Kier molecular flexibility index (Phi) is 5.35. The van der Waals surface area contributed by atoms with Gasteiger partial charge in [-0.3, -0.25) is 0 Å². The molecule has 0 fully saturated rings. The SMILES string of the molecule is COC1NC=C(C(C)N[S+]([O-])C(C)(C)C)c2cc(F)c(F)cc21. The van der Waals surface area contributed by atoms with Gasteiger partial charge in [-0.2, -0.15) is 0 Å². The normalized spacial score (nSPS) is 20.3. The molecule has 4 nitrogen and oxygen atoms in total. The highest BCUT2D eigenvalue weighted by Gasteiger charge is 2.32. The van der Waals surface area contributed by atoms with Crippen molar-refractivity contribution in [2.24, 2.45) is 0 Å². The zero-order valence-corrected chi connectivity index (χ0v) is 14.7. The molecule has 1 aromatic carbocycles. The van der Waals surface area contributed by atoms with E-state index in [1.807, 2.05) is 27.7 Å². The van der Waals surface area contributed by atoms with E-state index in [4.69, 9.17) is 4.74 Å². The molecule has 1 aliphatic heterocycles. The Balaban J connectivity index is 2.35. The number of rotatable bonds is 4. The maximum Gasteiger partial charge on any atom is 0.159 e. The molecule has 2 N–H and O–H groups in total. The molecule has 0 amide bonds. The first kappa shape index (κ1) is 18.2. The fourth-order valence-electron chi connectivity index (χ4n) is 2.32. The van der Waals surface area contributed by atoms with E-state index in [1.165, 1.54) is 7.11 Å². The molecule has 23 heavy (non-hydrogen) atoms. The quantitative estimate of drug-likeness (QED) is 0.825. The lowest BCUT2D eigenvalue weighted by molar-refractivity contribution is 0.0840. The smallest absolute Gasteiger partial charge is 0.159 e. The number of hydrogen-bond donors (Lipinski definition) is 2. The fraction of sp³-hybridized carbons (Fsp3) is 0.500. The van der Waals surface area contributed by atoms with Crippen LogP contribution in [0.3, 0.4) is 0 Å². The number of benzene rings is 1. The monoisotopic (exact) mass is 344 g/mol. The first-order chi connectivity index (χ1) is 10.6. The molecule has 0 spiro atoms. The number of hydrogen-bond acceptors (Lipinski definition) is 4. The van der Waals surface area contributed by atoms with Crippen molar-refractivity contribution >= 4 is 16.9 Å². The summed E-state index contributed by atoms with van der Waals surface area (Å²) in [4.78, 5) is 0. The van der Waals surface area contributed by atoms with Crippen LogP contribution in [0.4, 0.5) is 8.78 Å². The van der Waals surface area contributed by atoms with Gasteiger partial charge in [-0.1, -0.05) is 0 Å². The van der Waals surface area contributed by atoms with Gasteiger partial charge < -0.3 is 14.6 Å². The average Bonchev–Trinajstić information content (AvgIpc) is 2.46. The summed E-state index contributed by atoms with van der Waals surface area (Å²) in [5, 5.41) is 3.00. The summed E-state index contributed by atoms with van der Waals surface area (Å²) in [6.45, 7) is 7.41. The second-order valence-electron chi connectivity index (χ2n) is 6.46. The van der Waals surface area contributed by atoms with Crippen LogP contribution >= 0.6 is 0 Å². The van der Waals surface area contributed by atoms with Crippen LogP contribution < -0.4 is 10.0 Å². The Morgan fingerprint density at radius 2 is 1.91 bits per heavy atom. The highest BCUT2D eigenvalue weighted by molar-refractivity contribution is 7.90. The molecule has 0 bridgehead atoms. The highest BCUT2D eigenvalue weighted by Crippen LogP contribution is 2.33. The van der Waals surface area contributed by atoms with E-state index in [1.54, 1.807) is 6.20 Å². The van der Waals surface area contributed by atoms with Crippen molar-refractivity contribution in [2.75, 3.05) is 7.11 Å². The topological polar surface area (TPSA) is 56.3 Å². The average molecular weight is 344 g/mol. The molecule has 1 aliphatic rings. The number of ether oxygens (including phenoxy) is 1. The molecule has 1 aromatic rings. The van der Waals surface area contributed by atoms with E-state index in [9.17, 15) is 13.3 Å². The first-order valence-electron chi connectivity index (χ1n) is 7.31. The maximum absolute atomic E-state index is 13.7. The van der Waals surface area contributed by atoms with Gasteiger partial charge >= 0.3 is 0 Å². The molecule has 2 rings (SSSR count). The van der Waals surface area contributed by atoms with E-state index >= 15 is 0 Å². The van der Waals surface area contributed by atoms with E-state index in [0.717, 1.165) is 12.1 Å². The van der Waals surface area contributed by atoms with E-state index in [2.05, 4.69) is 10.0 Å². The van der Waals surface area contributed by atoms with Crippen LogP contribution in [0.2, 0.25) is 0 Å². The van der Waals surface area contributed by atoms with Gasteiger partial charge in [0.05, 0.1) is 6.04 Å². The second-order valence-corrected chi connectivity index (χ2v) is 8.45. The Morgan fingerprint density at radius 1 is 1.30 bits per heavy atom. The molecule has 0 saturated carbocycles. The lowest BCUT2D eigenvalue weighted by atomic mass is 9.92. The maximum atomic E-state index is 13.7. The minimum atomic E-state index is -1.28. The summed E-state index contributed by atoms with van der Waals surface area (Å²) < 4.78 is 47.3. The van der Waals surface area contributed by atoms with Crippen molar-refractivity contribution in [3.8, 4) is 0 Å². The number of nitrogens with one attached hydrogen (secondary N) is 2. The molecule has 128 valence electrons. The third-order valence-corrected chi connectivity index (χ3v) is 5.30. The zero-order chi connectivity index (χ0) is 17.4. The second kappa shape index (κ2) is 6.76. The van der Waals surface area contributed by atoms with Crippen molar-refractivity contribution in [3.05, 3.63) is 41.1 Å². The van der Waals surface area contributed by atoms with E-state index < -0.39 is 34.0 Å². The Hall–Kier alpha value is -1.15. The van der Waals surface area contributed by atoms with Crippen LogP contribution in [0.15, 0.2) is 18.3 Å². The van der Waals surface area contributed by atoms with Gasteiger partial charge in [-0.05, 0) is 51.0 Å². The summed E-state index contributed by atoms with van der Waals surface area (Å²) >= 11 is -1.28. The summed E-state index contributed by atoms with van der Waals surface area (Å²) in [6.07, 6.45) is 1.13. The Morgan fingerprint density at radius 3 is 2.48 bits per heavy atom. The molecule has 1 heterocycles. The minimum absolute atomic E-state index is 0.316. The van der Waals surface area contributed by atoms with Gasteiger partial charge in [-0.25, -0.2) is 8.78 Å². The first-order valence-corrected chi connectivity index (χ1v) is 8.46. The Labute approximate surface area is 138 Å². The lowest BCUT2D eigenvalue weighted by Crippen LogP contribution is -2.44. The van der Waals surface area contributed by atoms with Crippen molar-refractivity contribution in [1.29, 1.82) is 0 Å². The fourth-order valence-corrected chi connectivity index (χ4v) is 3.12. The largest absolute Gasteiger partial charge is 0.598 e. The predicted octanol–water partition coefficient (Wildman–Crippen LogP) is 2.99. The highest BCUT2D eigenvalue weighted by atomic mass is 32.2. The standard InChI is InChI=1S/C16H22F2N2O2S/c1-9(20-23(21)16(2,3)4)12-8-19-15(22-5)11-7-14(18)13(17)6-10(11)12/h6-9,15,19-20H,1-5H3. The van der Waals surface area contributed by atoms with Crippen molar-refractivity contribution in [2.45, 2.75) is 44.7 Å². The molecular formula is C16H22F2N2O2S. The number of fused-ring (bicyclic) bond motifs is 1. The van der Waals surface area contributed by atoms with Gasteiger partial charge in [0.25, 0.3) is 0 Å². The summed E-state index contributed by atoms with van der Waals surface area (Å²) in [6, 6.07) is 1.97. The summed E-state index contributed by atoms with van der Waals surface area (Å²) in [5.41, 5.74) is 1.75. The molecule has 3 unspecified atom stereocenters. The molecule has 0 aromatic heterocycles. The van der Waals surface area contributed by atoms with Crippen LogP contribution in [-0.2, 0) is 16.1 Å². The minimum Gasteiger partial charge on any atom is -0.598 e. The van der Waals surface area contributed by atoms with E-state index in [-0.39, 0.29) is 6.04 Å². The van der Waals surface area contributed by atoms with Gasteiger partial charge in [0.2, 0.25) is 0 Å². The molecule has 0 saturated heterocycles. The van der Waals surface area contributed by atoms with Gasteiger partial charge in [-0.15, -0.1) is 4.72 Å². The molecule has 7 heteroatoms. The predicted molar refractivity (Wildman–Crippen MR) is 87.7 cm³/mol.